The SMILES string of the molecule is CCOc1ccc(CC(=O)N/N=C/c2ccc(OCc3ccc(C)cc3)cc2)cc1. The molecule has 3 aromatic carbocycles. The third-order valence-electron chi connectivity index (χ3n) is 4.41. The van der Waals surface area contributed by atoms with Crippen LogP contribution in [0.25, 0.3) is 0 Å². The van der Waals surface area contributed by atoms with Gasteiger partial charge >= 0.3 is 0 Å². The number of nitrogens with zero attached hydrogens (tertiary/aromatic N) is 1. The van der Waals surface area contributed by atoms with Crippen LogP contribution < -0.4 is 14.9 Å². The number of amides is 1. The average molecular weight is 402 g/mol. The standard InChI is InChI=1S/C25H26N2O3/c1-3-29-23-12-8-20(9-13-23)16-25(28)27-26-17-21-10-14-24(15-11-21)30-18-22-6-4-19(2)5-7-22/h4-15,17H,3,16,18H2,1-2H3,(H,27,28)/b26-17+. The normalized spacial score (nSPS) is 10.7. The molecule has 0 unspecified atom stereocenters. The highest BCUT2D eigenvalue weighted by atomic mass is 16.5. The molecule has 0 bridgehead atoms. The summed E-state index contributed by atoms with van der Waals surface area (Å²) in [6.07, 6.45) is 1.87. The van der Waals surface area contributed by atoms with Crippen molar-refractivity contribution < 1.29 is 14.3 Å². The van der Waals surface area contributed by atoms with Gasteiger partial charge < -0.3 is 9.47 Å². The fourth-order valence-electron chi connectivity index (χ4n) is 2.78. The van der Waals surface area contributed by atoms with Gasteiger partial charge in [-0.25, -0.2) is 5.43 Å². The molecule has 0 saturated carbocycles. The van der Waals surface area contributed by atoms with Crippen LogP contribution in [0.2, 0.25) is 0 Å². The molecule has 5 heteroatoms. The van der Waals surface area contributed by atoms with Crippen LogP contribution >= 0.6 is 0 Å². The molecular formula is C25H26N2O3. The summed E-state index contributed by atoms with van der Waals surface area (Å²) in [7, 11) is 0. The van der Waals surface area contributed by atoms with Gasteiger partial charge in [0.25, 0.3) is 0 Å². The third-order valence-corrected chi connectivity index (χ3v) is 4.41. The van der Waals surface area contributed by atoms with Crippen LogP contribution in [0.15, 0.2) is 77.9 Å². The molecule has 0 radical (unpaired) electrons. The zero-order valence-electron chi connectivity index (χ0n) is 17.3. The van der Waals surface area contributed by atoms with Crippen molar-refractivity contribution in [1.29, 1.82) is 0 Å². The molecule has 3 aromatic rings. The maximum atomic E-state index is 12.0. The van der Waals surface area contributed by atoms with Crippen molar-refractivity contribution in [2.24, 2.45) is 5.10 Å². The predicted octanol–water partition coefficient (Wildman–Crippen LogP) is 4.67. The number of benzene rings is 3. The summed E-state index contributed by atoms with van der Waals surface area (Å²) in [5, 5.41) is 4.03. The molecule has 5 nitrogen and oxygen atoms in total. The summed E-state index contributed by atoms with van der Waals surface area (Å²) >= 11 is 0. The van der Waals surface area contributed by atoms with Crippen molar-refractivity contribution in [3.05, 3.63) is 95.1 Å². The van der Waals surface area contributed by atoms with Gasteiger partial charge in [0.2, 0.25) is 5.91 Å². The lowest BCUT2D eigenvalue weighted by Gasteiger charge is -2.07. The molecule has 0 saturated heterocycles. The molecular weight excluding hydrogens is 376 g/mol. The van der Waals surface area contributed by atoms with Crippen LogP contribution in [0.4, 0.5) is 0 Å². The zero-order valence-corrected chi connectivity index (χ0v) is 17.3. The molecule has 0 fully saturated rings. The molecule has 0 aliphatic carbocycles. The van der Waals surface area contributed by atoms with Gasteiger partial charge in [0, 0.05) is 0 Å². The topological polar surface area (TPSA) is 59.9 Å². The Bertz CT molecular complexity index is 963. The van der Waals surface area contributed by atoms with E-state index in [1.807, 2.05) is 55.5 Å². The number of nitrogens with one attached hydrogen (secondary N) is 1. The average Bonchev–Trinajstić information content (AvgIpc) is 2.76. The van der Waals surface area contributed by atoms with Crippen LogP contribution in [-0.2, 0) is 17.8 Å². The van der Waals surface area contributed by atoms with E-state index in [2.05, 4.69) is 41.7 Å². The minimum Gasteiger partial charge on any atom is -0.494 e. The maximum absolute atomic E-state index is 12.0. The van der Waals surface area contributed by atoms with E-state index in [0.29, 0.717) is 13.2 Å². The highest BCUT2D eigenvalue weighted by molar-refractivity contribution is 5.83. The smallest absolute Gasteiger partial charge is 0.244 e. The van der Waals surface area contributed by atoms with Gasteiger partial charge in [0.05, 0.1) is 19.2 Å². The van der Waals surface area contributed by atoms with Crippen LogP contribution in [0.1, 0.15) is 29.2 Å². The van der Waals surface area contributed by atoms with E-state index in [9.17, 15) is 4.79 Å². The number of aryl methyl sites for hydroxylation is 1. The highest BCUT2D eigenvalue weighted by Crippen LogP contribution is 2.14. The van der Waals surface area contributed by atoms with Crippen LogP contribution in [0.3, 0.4) is 0 Å². The summed E-state index contributed by atoms with van der Waals surface area (Å²) in [6.45, 7) is 5.14. The molecule has 0 aromatic heterocycles. The van der Waals surface area contributed by atoms with E-state index in [-0.39, 0.29) is 12.3 Å². The Kier molecular flexibility index (Phi) is 7.61. The molecule has 0 aliphatic rings. The lowest BCUT2D eigenvalue weighted by atomic mass is 10.1. The van der Waals surface area contributed by atoms with Gasteiger partial charge in [0.1, 0.15) is 18.1 Å². The quantitative estimate of drug-likeness (QED) is 0.418. The molecule has 30 heavy (non-hydrogen) atoms. The molecule has 3 rings (SSSR count). The van der Waals surface area contributed by atoms with Crippen LogP contribution in [0, 0.1) is 6.92 Å². The van der Waals surface area contributed by atoms with Crippen molar-refractivity contribution in [2.75, 3.05) is 6.61 Å². The maximum Gasteiger partial charge on any atom is 0.244 e. The lowest BCUT2D eigenvalue weighted by Crippen LogP contribution is -2.19. The Morgan fingerprint density at radius 1 is 0.867 bits per heavy atom. The predicted molar refractivity (Wildman–Crippen MR) is 119 cm³/mol. The molecule has 0 aliphatic heterocycles. The first-order valence-electron chi connectivity index (χ1n) is 9.94. The second-order valence-corrected chi connectivity index (χ2v) is 6.89. The minimum atomic E-state index is -0.173. The second-order valence-electron chi connectivity index (χ2n) is 6.89. The minimum absolute atomic E-state index is 0.173. The third kappa shape index (κ3) is 6.78. The van der Waals surface area contributed by atoms with E-state index in [1.165, 1.54) is 5.56 Å². The van der Waals surface area contributed by atoms with Crippen molar-refractivity contribution in [2.45, 2.75) is 26.9 Å². The first-order chi connectivity index (χ1) is 14.6. The Balaban J connectivity index is 1.44. The number of hydrogen-bond donors (Lipinski definition) is 1. The number of hydrazone groups is 1. The van der Waals surface area contributed by atoms with Gasteiger partial charge in [0.15, 0.2) is 0 Å². The summed E-state index contributed by atoms with van der Waals surface area (Å²) in [5.41, 5.74) is 6.69. The molecule has 0 atom stereocenters. The van der Waals surface area contributed by atoms with Gasteiger partial charge in [-0.15, -0.1) is 0 Å². The van der Waals surface area contributed by atoms with Gasteiger partial charge in [-0.3, -0.25) is 4.79 Å². The first kappa shape index (κ1) is 21.1. The van der Waals surface area contributed by atoms with E-state index in [4.69, 9.17) is 9.47 Å². The molecule has 1 N–H and O–H groups in total. The van der Waals surface area contributed by atoms with Crippen LogP contribution in [0.5, 0.6) is 11.5 Å². The van der Waals surface area contributed by atoms with Crippen molar-refractivity contribution in [3.63, 3.8) is 0 Å². The Hall–Kier alpha value is -3.60. The molecule has 0 heterocycles. The van der Waals surface area contributed by atoms with Crippen LogP contribution in [-0.4, -0.2) is 18.7 Å². The Labute approximate surface area is 177 Å². The number of ether oxygens (including phenoxy) is 2. The highest BCUT2D eigenvalue weighted by Gasteiger charge is 2.03. The monoisotopic (exact) mass is 402 g/mol. The number of hydrogen-bond acceptors (Lipinski definition) is 4. The van der Waals surface area contributed by atoms with Gasteiger partial charge in [-0.2, -0.15) is 5.10 Å². The Morgan fingerprint density at radius 2 is 1.47 bits per heavy atom. The molecule has 0 spiro atoms. The largest absolute Gasteiger partial charge is 0.494 e. The Morgan fingerprint density at radius 3 is 2.13 bits per heavy atom. The van der Waals surface area contributed by atoms with E-state index < -0.39 is 0 Å². The second kappa shape index (κ2) is 10.8. The molecule has 154 valence electrons. The summed E-state index contributed by atoms with van der Waals surface area (Å²) in [5.74, 6) is 1.41. The van der Waals surface area contributed by atoms with E-state index >= 15 is 0 Å². The lowest BCUT2D eigenvalue weighted by molar-refractivity contribution is -0.120. The van der Waals surface area contributed by atoms with E-state index in [0.717, 1.165) is 28.2 Å². The fraction of sp³-hybridized carbons (Fsp3) is 0.200. The summed E-state index contributed by atoms with van der Waals surface area (Å²) in [6, 6.07) is 23.3. The number of carbonyl (C=O) groups is 1. The number of rotatable bonds is 9. The first-order valence-corrected chi connectivity index (χ1v) is 9.94. The van der Waals surface area contributed by atoms with Gasteiger partial charge in [-0.1, -0.05) is 42.0 Å². The van der Waals surface area contributed by atoms with Gasteiger partial charge in [-0.05, 0) is 66.9 Å². The molecule has 1 amide bonds. The van der Waals surface area contributed by atoms with E-state index in [1.54, 1.807) is 6.21 Å². The fourth-order valence-corrected chi connectivity index (χ4v) is 2.78. The van der Waals surface area contributed by atoms with Crippen molar-refractivity contribution >= 4 is 12.1 Å². The zero-order chi connectivity index (χ0) is 21.2. The van der Waals surface area contributed by atoms with Crippen molar-refractivity contribution in [1.82, 2.24) is 5.43 Å². The summed E-state index contributed by atoms with van der Waals surface area (Å²) in [4.78, 5) is 12.0. The number of carbonyl (C=O) groups excluding carboxylic acids is 1. The van der Waals surface area contributed by atoms with Crippen molar-refractivity contribution in [3.8, 4) is 11.5 Å². The summed E-state index contributed by atoms with van der Waals surface area (Å²) < 4.78 is 11.2.